The van der Waals surface area contributed by atoms with Crippen molar-refractivity contribution in [2.24, 2.45) is 5.92 Å². The van der Waals surface area contributed by atoms with E-state index in [0.717, 1.165) is 46.4 Å². The van der Waals surface area contributed by atoms with Crippen LogP contribution in [0.5, 0.6) is 5.75 Å². The van der Waals surface area contributed by atoms with Crippen LogP contribution in [0, 0.1) is 12.8 Å². The van der Waals surface area contributed by atoms with Crippen molar-refractivity contribution in [3.05, 3.63) is 53.1 Å². The van der Waals surface area contributed by atoms with Gasteiger partial charge in [-0.2, -0.15) is 0 Å². The molecule has 0 saturated heterocycles. The molecule has 29 heavy (non-hydrogen) atoms. The molecule has 0 atom stereocenters. The number of aliphatic carboxylic acids is 1. The monoisotopic (exact) mass is 395 g/mol. The predicted molar refractivity (Wildman–Crippen MR) is 113 cm³/mol. The Balaban J connectivity index is 1.83. The second kappa shape index (κ2) is 9.70. The second-order valence-corrected chi connectivity index (χ2v) is 7.66. The van der Waals surface area contributed by atoms with Crippen molar-refractivity contribution in [2.45, 2.75) is 46.1 Å². The molecule has 154 valence electrons. The van der Waals surface area contributed by atoms with Gasteiger partial charge in [0.2, 0.25) is 0 Å². The molecule has 0 aromatic heterocycles. The van der Waals surface area contributed by atoms with Crippen LogP contribution in [0.2, 0.25) is 0 Å². The summed E-state index contributed by atoms with van der Waals surface area (Å²) < 4.78 is 5.82. The van der Waals surface area contributed by atoms with Crippen molar-refractivity contribution in [3.63, 3.8) is 0 Å². The minimum atomic E-state index is -0.855. The van der Waals surface area contributed by atoms with Crippen molar-refractivity contribution in [2.75, 3.05) is 13.2 Å². The summed E-state index contributed by atoms with van der Waals surface area (Å²) in [6.45, 7) is 5.82. The van der Waals surface area contributed by atoms with Gasteiger partial charge in [-0.05, 0) is 55.5 Å². The first-order valence-electron chi connectivity index (χ1n) is 10.3. The van der Waals surface area contributed by atoms with Gasteiger partial charge in [-0.15, -0.1) is 0 Å². The summed E-state index contributed by atoms with van der Waals surface area (Å²) in [6, 6.07) is 11.8. The molecular formula is C24H29NO4. The van der Waals surface area contributed by atoms with Gasteiger partial charge in [0.1, 0.15) is 11.5 Å². The smallest absolute Gasteiger partial charge is 0.307 e. The predicted octanol–water partition coefficient (Wildman–Crippen LogP) is 4.15. The summed E-state index contributed by atoms with van der Waals surface area (Å²) in [6.07, 6.45) is 2.65. The number of hydrogen-bond donors (Lipinski definition) is 2. The first kappa shape index (κ1) is 21.1. The summed E-state index contributed by atoms with van der Waals surface area (Å²) in [5.74, 6) is 0.558. The molecule has 1 aliphatic carbocycles. The van der Waals surface area contributed by atoms with Crippen molar-refractivity contribution in [3.8, 4) is 16.9 Å². The standard InChI is InChI=1S/C24H29NO4/c1-3-29-23-9-5-17(14-24(27)28)13-21(23)20-12-16(2)4-6-19(20)15-25-11-10-22(26)18-7-8-18/h4-6,9,12-13,18,25H,3,7-8,10-11,14-15H2,1-2H3,(H,27,28). The molecular weight excluding hydrogens is 366 g/mol. The number of carboxylic acids is 1. The van der Waals surface area contributed by atoms with Crippen LogP contribution in [0.25, 0.3) is 11.1 Å². The molecule has 0 aliphatic heterocycles. The summed E-state index contributed by atoms with van der Waals surface area (Å²) in [5, 5.41) is 12.5. The SMILES string of the molecule is CCOc1ccc(CC(=O)O)cc1-c1cc(C)ccc1CNCCC(=O)C1CC1. The number of carboxylic acid groups (broad SMARTS) is 1. The van der Waals surface area contributed by atoms with Crippen LogP contribution >= 0.6 is 0 Å². The molecule has 5 nitrogen and oxygen atoms in total. The summed E-state index contributed by atoms with van der Waals surface area (Å²) in [4.78, 5) is 23.0. The molecule has 0 bridgehead atoms. The van der Waals surface area contributed by atoms with E-state index >= 15 is 0 Å². The highest BCUT2D eigenvalue weighted by molar-refractivity contribution is 5.83. The molecule has 1 saturated carbocycles. The Kier molecular flexibility index (Phi) is 7.04. The summed E-state index contributed by atoms with van der Waals surface area (Å²) >= 11 is 0. The molecule has 0 amide bonds. The average Bonchev–Trinajstić information content (AvgIpc) is 3.52. The normalized spacial score (nSPS) is 13.3. The van der Waals surface area contributed by atoms with Gasteiger partial charge in [-0.25, -0.2) is 0 Å². The van der Waals surface area contributed by atoms with Gasteiger partial charge in [-0.3, -0.25) is 9.59 Å². The number of Topliss-reactive ketones (excluding diaryl/α,β-unsaturated/α-hetero) is 1. The van der Waals surface area contributed by atoms with Gasteiger partial charge < -0.3 is 15.2 Å². The summed E-state index contributed by atoms with van der Waals surface area (Å²) in [5.41, 5.74) is 4.90. The Morgan fingerprint density at radius 2 is 1.93 bits per heavy atom. The molecule has 0 unspecified atom stereocenters. The van der Waals surface area contributed by atoms with E-state index in [1.54, 1.807) is 6.07 Å². The number of carbonyl (C=O) groups excluding carboxylic acids is 1. The zero-order valence-electron chi connectivity index (χ0n) is 17.2. The summed E-state index contributed by atoms with van der Waals surface area (Å²) in [7, 11) is 0. The molecule has 2 aromatic carbocycles. The van der Waals surface area contributed by atoms with E-state index in [-0.39, 0.29) is 6.42 Å². The molecule has 2 aromatic rings. The van der Waals surface area contributed by atoms with E-state index in [4.69, 9.17) is 9.84 Å². The molecule has 0 radical (unpaired) electrons. The molecule has 2 N–H and O–H groups in total. The number of aryl methyl sites for hydroxylation is 1. The third-order valence-corrected chi connectivity index (χ3v) is 5.15. The number of rotatable bonds is 11. The second-order valence-electron chi connectivity index (χ2n) is 7.66. The van der Waals surface area contributed by atoms with E-state index in [2.05, 4.69) is 23.5 Å². The van der Waals surface area contributed by atoms with Gasteiger partial charge >= 0.3 is 5.97 Å². The molecule has 3 rings (SSSR count). The number of benzene rings is 2. The Morgan fingerprint density at radius 3 is 2.62 bits per heavy atom. The van der Waals surface area contributed by atoms with E-state index in [0.29, 0.717) is 37.8 Å². The van der Waals surface area contributed by atoms with Crippen LogP contribution in [0.15, 0.2) is 36.4 Å². The number of carbonyl (C=O) groups is 2. The minimum absolute atomic E-state index is 0.0257. The Morgan fingerprint density at radius 1 is 1.14 bits per heavy atom. The maximum atomic E-state index is 11.9. The van der Waals surface area contributed by atoms with E-state index in [1.807, 2.05) is 26.0 Å². The highest BCUT2D eigenvalue weighted by atomic mass is 16.5. The fourth-order valence-electron chi connectivity index (χ4n) is 3.49. The van der Waals surface area contributed by atoms with Crippen LogP contribution in [0.1, 0.15) is 42.9 Å². The molecule has 1 fully saturated rings. The van der Waals surface area contributed by atoms with Crippen molar-refractivity contribution >= 4 is 11.8 Å². The third-order valence-electron chi connectivity index (χ3n) is 5.15. The lowest BCUT2D eigenvalue weighted by Gasteiger charge is -2.17. The first-order valence-corrected chi connectivity index (χ1v) is 10.3. The number of nitrogens with one attached hydrogen (secondary N) is 1. The fraction of sp³-hybridized carbons (Fsp3) is 0.417. The van der Waals surface area contributed by atoms with Gasteiger partial charge in [0.05, 0.1) is 13.0 Å². The van der Waals surface area contributed by atoms with Gasteiger partial charge in [0.15, 0.2) is 0 Å². The lowest BCUT2D eigenvalue weighted by Crippen LogP contribution is -2.19. The topological polar surface area (TPSA) is 75.6 Å². The number of hydrogen-bond acceptors (Lipinski definition) is 4. The van der Waals surface area contributed by atoms with Crippen molar-refractivity contribution in [1.29, 1.82) is 0 Å². The van der Waals surface area contributed by atoms with Crippen molar-refractivity contribution < 1.29 is 19.4 Å². The average molecular weight is 395 g/mol. The van der Waals surface area contributed by atoms with Crippen LogP contribution in [-0.2, 0) is 22.6 Å². The largest absolute Gasteiger partial charge is 0.493 e. The van der Waals surface area contributed by atoms with E-state index in [9.17, 15) is 9.59 Å². The maximum Gasteiger partial charge on any atom is 0.307 e. The van der Waals surface area contributed by atoms with Crippen LogP contribution in [0.3, 0.4) is 0 Å². The number of ketones is 1. The minimum Gasteiger partial charge on any atom is -0.493 e. The Hall–Kier alpha value is -2.66. The molecule has 0 spiro atoms. The zero-order chi connectivity index (χ0) is 20.8. The number of ether oxygens (including phenoxy) is 1. The highest BCUT2D eigenvalue weighted by Crippen LogP contribution is 2.35. The Bertz CT molecular complexity index is 886. The van der Waals surface area contributed by atoms with E-state index < -0.39 is 5.97 Å². The molecule has 0 heterocycles. The quantitative estimate of drug-likeness (QED) is 0.559. The van der Waals surface area contributed by atoms with Crippen molar-refractivity contribution in [1.82, 2.24) is 5.32 Å². The molecule has 1 aliphatic rings. The lowest BCUT2D eigenvalue weighted by atomic mass is 9.94. The maximum absolute atomic E-state index is 11.9. The van der Waals surface area contributed by atoms with Gasteiger partial charge in [-0.1, -0.05) is 29.8 Å². The van der Waals surface area contributed by atoms with Gasteiger partial charge in [0.25, 0.3) is 0 Å². The zero-order valence-corrected chi connectivity index (χ0v) is 17.2. The van der Waals surface area contributed by atoms with Crippen LogP contribution in [0.4, 0.5) is 0 Å². The lowest BCUT2D eigenvalue weighted by molar-refractivity contribution is -0.136. The third kappa shape index (κ3) is 5.91. The Labute approximate surface area is 172 Å². The van der Waals surface area contributed by atoms with Gasteiger partial charge in [0, 0.05) is 31.0 Å². The van der Waals surface area contributed by atoms with Crippen LogP contribution in [-0.4, -0.2) is 30.0 Å². The first-order chi connectivity index (χ1) is 14.0. The van der Waals surface area contributed by atoms with E-state index in [1.165, 1.54) is 0 Å². The fourth-order valence-corrected chi connectivity index (χ4v) is 3.49. The molecule has 5 heteroatoms. The highest BCUT2D eigenvalue weighted by Gasteiger charge is 2.28. The van der Waals surface area contributed by atoms with Crippen LogP contribution < -0.4 is 10.1 Å².